The molecule has 2 nitrogen and oxygen atoms in total. The van der Waals surface area contributed by atoms with Crippen LogP contribution in [0, 0.1) is 5.82 Å². The molecule has 0 aliphatic heterocycles. The quantitative estimate of drug-likeness (QED) is 0.356. The Morgan fingerprint density at radius 2 is 1.69 bits per heavy atom. The molecule has 3 aromatic carbocycles. The van der Waals surface area contributed by atoms with Crippen molar-refractivity contribution >= 4 is 23.2 Å². The minimum absolute atomic E-state index is 0.119. The zero-order chi connectivity index (χ0) is 20.6. The van der Waals surface area contributed by atoms with Gasteiger partial charge in [0.05, 0.1) is 5.02 Å². The lowest BCUT2D eigenvalue weighted by atomic mass is 10.0. The molecule has 152 valence electrons. The van der Waals surface area contributed by atoms with Crippen LogP contribution in [0.3, 0.4) is 0 Å². The molecule has 29 heavy (non-hydrogen) atoms. The highest BCUT2D eigenvalue weighted by Crippen LogP contribution is 2.33. The van der Waals surface area contributed by atoms with E-state index in [0.29, 0.717) is 15.8 Å². The molecule has 5 heteroatoms. The average molecular weight is 432 g/mol. The fraction of sp³-hybridized carbons (Fsp3) is 0.250. The number of halogens is 3. The van der Waals surface area contributed by atoms with Gasteiger partial charge in [0.1, 0.15) is 17.7 Å². The molecule has 0 aromatic heterocycles. The van der Waals surface area contributed by atoms with Crippen LogP contribution in [0.25, 0.3) is 0 Å². The van der Waals surface area contributed by atoms with Gasteiger partial charge in [-0.05, 0) is 61.8 Å². The third-order valence-corrected chi connectivity index (χ3v) is 5.25. The van der Waals surface area contributed by atoms with E-state index in [0.717, 1.165) is 37.1 Å². The SMILES string of the molecule is CN(CCC[C@H](Oc1cc(Cl)ccc1Cl)c1ccccc1)Cc1ccc(F)cc1. The maximum atomic E-state index is 13.1. The first-order chi connectivity index (χ1) is 14.0. The molecule has 3 aromatic rings. The monoisotopic (exact) mass is 431 g/mol. The van der Waals surface area contributed by atoms with Crippen LogP contribution < -0.4 is 4.74 Å². The normalized spacial score (nSPS) is 12.2. The molecule has 0 bridgehead atoms. The summed E-state index contributed by atoms with van der Waals surface area (Å²) in [6, 6.07) is 22.0. The van der Waals surface area contributed by atoms with Gasteiger partial charge in [0, 0.05) is 17.6 Å². The van der Waals surface area contributed by atoms with Gasteiger partial charge in [-0.1, -0.05) is 65.7 Å². The zero-order valence-corrected chi connectivity index (χ0v) is 17.8. The van der Waals surface area contributed by atoms with Crippen molar-refractivity contribution in [2.24, 2.45) is 0 Å². The van der Waals surface area contributed by atoms with Crippen LogP contribution in [0.2, 0.25) is 10.0 Å². The largest absolute Gasteiger partial charge is 0.484 e. The molecule has 0 aliphatic carbocycles. The van der Waals surface area contributed by atoms with E-state index in [1.54, 1.807) is 18.2 Å². The van der Waals surface area contributed by atoms with Crippen molar-refractivity contribution in [1.82, 2.24) is 4.90 Å². The van der Waals surface area contributed by atoms with E-state index in [1.807, 2.05) is 30.3 Å². The van der Waals surface area contributed by atoms with Gasteiger partial charge in [0.2, 0.25) is 0 Å². The summed E-state index contributed by atoms with van der Waals surface area (Å²) in [4.78, 5) is 2.22. The van der Waals surface area contributed by atoms with Gasteiger partial charge in [0.25, 0.3) is 0 Å². The summed E-state index contributed by atoms with van der Waals surface area (Å²) in [7, 11) is 2.07. The van der Waals surface area contributed by atoms with Gasteiger partial charge in [-0.15, -0.1) is 0 Å². The molecule has 0 saturated carbocycles. The zero-order valence-electron chi connectivity index (χ0n) is 16.3. The summed E-state index contributed by atoms with van der Waals surface area (Å²) in [5.41, 5.74) is 2.19. The smallest absolute Gasteiger partial charge is 0.140 e. The Bertz CT molecular complexity index is 903. The molecule has 0 saturated heterocycles. The van der Waals surface area contributed by atoms with Gasteiger partial charge in [0.15, 0.2) is 0 Å². The predicted octanol–water partition coefficient (Wildman–Crippen LogP) is 7.16. The molecule has 0 radical (unpaired) electrons. The number of ether oxygens (including phenoxy) is 1. The van der Waals surface area contributed by atoms with Gasteiger partial charge >= 0.3 is 0 Å². The molecule has 1 atom stereocenters. The molecule has 0 heterocycles. The van der Waals surface area contributed by atoms with E-state index in [9.17, 15) is 4.39 Å². The number of nitrogens with zero attached hydrogens (tertiary/aromatic N) is 1. The van der Waals surface area contributed by atoms with E-state index >= 15 is 0 Å². The number of hydrogen-bond donors (Lipinski definition) is 0. The maximum absolute atomic E-state index is 13.1. The minimum Gasteiger partial charge on any atom is -0.484 e. The molecule has 3 rings (SSSR count). The molecule has 0 unspecified atom stereocenters. The second-order valence-electron chi connectivity index (χ2n) is 7.10. The third kappa shape index (κ3) is 6.74. The maximum Gasteiger partial charge on any atom is 0.140 e. The molecule has 0 aliphatic rings. The highest BCUT2D eigenvalue weighted by Gasteiger charge is 2.16. The highest BCUT2D eigenvalue weighted by molar-refractivity contribution is 6.34. The summed E-state index contributed by atoms with van der Waals surface area (Å²) in [6.07, 6.45) is 1.65. The standard InChI is InChI=1S/C24H24Cl2FNO/c1-28(17-18-9-12-21(27)13-10-18)15-5-8-23(19-6-3-2-4-7-19)29-24-16-20(25)11-14-22(24)26/h2-4,6-7,9-14,16,23H,5,8,15,17H2,1H3/t23-/m0/s1. The van der Waals surface area contributed by atoms with Crippen molar-refractivity contribution < 1.29 is 9.13 Å². The third-order valence-electron chi connectivity index (χ3n) is 4.71. The van der Waals surface area contributed by atoms with Crippen LogP contribution >= 0.6 is 23.2 Å². The molecule has 0 amide bonds. The lowest BCUT2D eigenvalue weighted by molar-refractivity contribution is 0.183. The second kappa shape index (κ2) is 10.6. The van der Waals surface area contributed by atoms with Crippen LogP contribution in [-0.2, 0) is 6.54 Å². The molecular weight excluding hydrogens is 408 g/mol. The van der Waals surface area contributed by atoms with E-state index in [2.05, 4.69) is 24.1 Å². The van der Waals surface area contributed by atoms with Crippen molar-refractivity contribution in [3.8, 4) is 5.75 Å². The van der Waals surface area contributed by atoms with Crippen LogP contribution in [0.15, 0.2) is 72.8 Å². The van der Waals surface area contributed by atoms with Crippen molar-refractivity contribution in [1.29, 1.82) is 0 Å². The Morgan fingerprint density at radius 1 is 0.966 bits per heavy atom. The van der Waals surface area contributed by atoms with Crippen LogP contribution in [0.1, 0.15) is 30.1 Å². The summed E-state index contributed by atoms with van der Waals surface area (Å²) >= 11 is 12.4. The van der Waals surface area contributed by atoms with Crippen molar-refractivity contribution in [3.05, 3.63) is 99.8 Å². The lowest BCUT2D eigenvalue weighted by Crippen LogP contribution is -2.20. The van der Waals surface area contributed by atoms with Gasteiger partial charge in [-0.25, -0.2) is 4.39 Å². The minimum atomic E-state index is -0.209. The first-order valence-electron chi connectivity index (χ1n) is 9.61. The van der Waals surface area contributed by atoms with Gasteiger partial charge in [-0.3, -0.25) is 0 Å². The summed E-state index contributed by atoms with van der Waals surface area (Å²) in [5.74, 6) is 0.381. The van der Waals surface area contributed by atoms with Crippen LogP contribution in [0.5, 0.6) is 5.75 Å². The first-order valence-corrected chi connectivity index (χ1v) is 10.4. The summed E-state index contributed by atoms with van der Waals surface area (Å²) in [6.45, 7) is 1.67. The van der Waals surface area contributed by atoms with E-state index in [4.69, 9.17) is 27.9 Å². The van der Waals surface area contributed by atoms with Gasteiger partial charge < -0.3 is 9.64 Å². The van der Waals surface area contributed by atoms with Gasteiger partial charge in [-0.2, -0.15) is 0 Å². The average Bonchev–Trinajstić information content (AvgIpc) is 2.72. The predicted molar refractivity (Wildman–Crippen MR) is 118 cm³/mol. The van der Waals surface area contributed by atoms with Crippen LogP contribution in [-0.4, -0.2) is 18.5 Å². The summed E-state index contributed by atoms with van der Waals surface area (Å²) < 4.78 is 19.3. The molecule has 0 N–H and O–H groups in total. The molecular formula is C24H24Cl2FNO. The Kier molecular flexibility index (Phi) is 7.93. The Morgan fingerprint density at radius 3 is 2.41 bits per heavy atom. The van der Waals surface area contributed by atoms with E-state index < -0.39 is 0 Å². The highest BCUT2D eigenvalue weighted by atomic mass is 35.5. The topological polar surface area (TPSA) is 12.5 Å². The molecule has 0 spiro atoms. The molecule has 0 fully saturated rings. The van der Waals surface area contributed by atoms with Crippen molar-refractivity contribution in [2.75, 3.05) is 13.6 Å². The number of rotatable bonds is 9. The first kappa shape index (κ1) is 21.6. The fourth-order valence-corrected chi connectivity index (χ4v) is 3.53. The summed E-state index contributed by atoms with van der Waals surface area (Å²) in [5, 5.41) is 1.14. The van der Waals surface area contributed by atoms with E-state index in [1.165, 1.54) is 12.1 Å². The number of hydrogen-bond acceptors (Lipinski definition) is 2. The Balaban J connectivity index is 1.61. The Labute approximate surface area is 181 Å². The van der Waals surface area contributed by atoms with Crippen LogP contribution in [0.4, 0.5) is 4.39 Å². The van der Waals surface area contributed by atoms with Crippen molar-refractivity contribution in [3.63, 3.8) is 0 Å². The second-order valence-corrected chi connectivity index (χ2v) is 7.94. The lowest BCUT2D eigenvalue weighted by Gasteiger charge is -2.22. The number of benzene rings is 3. The van der Waals surface area contributed by atoms with E-state index in [-0.39, 0.29) is 11.9 Å². The fourth-order valence-electron chi connectivity index (χ4n) is 3.21. The Hall–Kier alpha value is -2.07. The van der Waals surface area contributed by atoms with Crippen molar-refractivity contribution in [2.45, 2.75) is 25.5 Å².